The Hall–Kier alpha value is -1.46. The molecule has 1 heterocycles. The number of aliphatic hydroxyl groups is 1. The van der Waals surface area contributed by atoms with Crippen molar-refractivity contribution in [3.05, 3.63) is 18.2 Å². The van der Waals surface area contributed by atoms with E-state index in [2.05, 4.69) is 4.90 Å². The summed E-state index contributed by atoms with van der Waals surface area (Å²) >= 11 is 0. The van der Waals surface area contributed by atoms with E-state index in [4.69, 9.17) is 14.2 Å². The van der Waals surface area contributed by atoms with Crippen LogP contribution in [0.15, 0.2) is 18.2 Å². The first-order chi connectivity index (χ1) is 10.2. The molecule has 1 N–H and O–H groups in total. The summed E-state index contributed by atoms with van der Waals surface area (Å²) in [5.41, 5.74) is 0. The van der Waals surface area contributed by atoms with Gasteiger partial charge in [-0.15, -0.1) is 0 Å². The van der Waals surface area contributed by atoms with E-state index in [1.54, 1.807) is 14.2 Å². The van der Waals surface area contributed by atoms with E-state index in [9.17, 15) is 5.11 Å². The number of ether oxygens (including phenoxy) is 3. The van der Waals surface area contributed by atoms with Crippen molar-refractivity contribution < 1.29 is 19.3 Å². The zero-order valence-electron chi connectivity index (χ0n) is 12.9. The molecular weight excluding hydrogens is 270 g/mol. The van der Waals surface area contributed by atoms with E-state index >= 15 is 0 Å². The van der Waals surface area contributed by atoms with Crippen LogP contribution in [0.25, 0.3) is 0 Å². The van der Waals surface area contributed by atoms with Gasteiger partial charge < -0.3 is 24.2 Å². The van der Waals surface area contributed by atoms with Crippen LogP contribution in [-0.2, 0) is 0 Å². The molecule has 5 heteroatoms. The topological polar surface area (TPSA) is 51.2 Å². The van der Waals surface area contributed by atoms with Crippen molar-refractivity contribution >= 4 is 0 Å². The van der Waals surface area contributed by atoms with Gasteiger partial charge in [0.25, 0.3) is 0 Å². The smallest absolute Gasteiger partial charge is 0.203 e. The predicted molar refractivity (Wildman–Crippen MR) is 81.3 cm³/mol. The quantitative estimate of drug-likeness (QED) is 0.833. The summed E-state index contributed by atoms with van der Waals surface area (Å²) in [5.74, 6) is 1.78. The SMILES string of the molecule is COc1cccc(OCC(O)CN2CCCCC2)c1OC. The van der Waals surface area contributed by atoms with E-state index in [1.165, 1.54) is 19.3 Å². The van der Waals surface area contributed by atoms with E-state index in [-0.39, 0.29) is 6.61 Å². The molecule has 1 unspecified atom stereocenters. The molecule has 0 amide bonds. The van der Waals surface area contributed by atoms with Crippen LogP contribution in [-0.4, -0.2) is 56.6 Å². The van der Waals surface area contributed by atoms with Gasteiger partial charge in [-0.2, -0.15) is 0 Å². The number of aliphatic hydroxyl groups excluding tert-OH is 1. The van der Waals surface area contributed by atoms with Gasteiger partial charge in [0.15, 0.2) is 11.5 Å². The largest absolute Gasteiger partial charge is 0.493 e. The van der Waals surface area contributed by atoms with Gasteiger partial charge in [-0.25, -0.2) is 0 Å². The minimum absolute atomic E-state index is 0.250. The monoisotopic (exact) mass is 295 g/mol. The standard InChI is InChI=1S/C16H25NO4/c1-19-14-7-6-8-15(16(14)20-2)21-12-13(18)11-17-9-4-3-5-10-17/h6-8,13,18H,3-5,9-12H2,1-2H3. The maximum Gasteiger partial charge on any atom is 0.203 e. The number of likely N-dealkylation sites (tertiary alicyclic amines) is 1. The molecule has 1 atom stereocenters. The Morgan fingerprint density at radius 2 is 1.81 bits per heavy atom. The van der Waals surface area contributed by atoms with Crippen molar-refractivity contribution in [2.75, 3.05) is 40.5 Å². The number of rotatable bonds is 7. The van der Waals surface area contributed by atoms with E-state index in [0.717, 1.165) is 13.1 Å². The van der Waals surface area contributed by atoms with Gasteiger partial charge in [0.1, 0.15) is 12.7 Å². The third-order valence-corrected chi connectivity index (χ3v) is 3.72. The number of hydrogen-bond donors (Lipinski definition) is 1. The Bertz CT molecular complexity index is 432. The van der Waals surface area contributed by atoms with Crippen LogP contribution in [0.3, 0.4) is 0 Å². The van der Waals surface area contributed by atoms with Gasteiger partial charge in [0.05, 0.1) is 14.2 Å². The highest BCUT2D eigenvalue weighted by Gasteiger charge is 2.16. The molecule has 1 aliphatic rings. The summed E-state index contributed by atoms with van der Waals surface area (Å²) in [6.07, 6.45) is 3.23. The lowest BCUT2D eigenvalue weighted by molar-refractivity contribution is 0.0607. The van der Waals surface area contributed by atoms with E-state index in [0.29, 0.717) is 23.8 Å². The molecule has 1 fully saturated rings. The Balaban J connectivity index is 1.87. The van der Waals surface area contributed by atoms with Crippen LogP contribution in [0.2, 0.25) is 0 Å². The van der Waals surface area contributed by atoms with Crippen LogP contribution in [0.1, 0.15) is 19.3 Å². The van der Waals surface area contributed by atoms with Gasteiger partial charge in [0.2, 0.25) is 5.75 Å². The average molecular weight is 295 g/mol. The number of piperidine rings is 1. The Morgan fingerprint density at radius 1 is 1.10 bits per heavy atom. The molecule has 5 nitrogen and oxygen atoms in total. The minimum Gasteiger partial charge on any atom is -0.493 e. The van der Waals surface area contributed by atoms with Crippen molar-refractivity contribution in [3.63, 3.8) is 0 Å². The summed E-state index contributed by atoms with van der Waals surface area (Å²) in [5, 5.41) is 10.1. The number of hydrogen-bond acceptors (Lipinski definition) is 5. The average Bonchev–Trinajstić information content (AvgIpc) is 2.53. The van der Waals surface area contributed by atoms with Crippen molar-refractivity contribution in [2.45, 2.75) is 25.4 Å². The summed E-state index contributed by atoms with van der Waals surface area (Å²) < 4.78 is 16.2. The molecule has 0 aliphatic carbocycles. The van der Waals surface area contributed by atoms with Crippen LogP contribution >= 0.6 is 0 Å². The maximum atomic E-state index is 10.1. The van der Waals surface area contributed by atoms with Crippen LogP contribution in [0, 0.1) is 0 Å². The number of β-amino-alcohol motifs (C(OH)–C–C–N with tert-alkyl or cyclic N) is 1. The van der Waals surface area contributed by atoms with Gasteiger partial charge in [-0.05, 0) is 38.1 Å². The Kier molecular flexibility index (Phi) is 6.14. The zero-order valence-corrected chi connectivity index (χ0v) is 12.9. The lowest BCUT2D eigenvalue weighted by Crippen LogP contribution is -2.38. The predicted octanol–water partition coefficient (Wildman–Crippen LogP) is 1.93. The lowest BCUT2D eigenvalue weighted by Gasteiger charge is -2.28. The molecule has 0 bridgehead atoms. The lowest BCUT2D eigenvalue weighted by atomic mass is 10.1. The summed E-state index contributed by atoms with van der Waals surface area (Å²) in [6.45, 7) is 3.05. The Labute approximate surface area is 126 Å². The molecule has 0 aromatic heterocycles. The van der Waals surface area contributed by atoms with Gasteiger partial charge in [-0.1, -0.05) is 12.5 Å². The third-order valence-electron chi connectivity index (χ3n) is 3.72. The van der Waals surface area contributed by atoms with Crippen molar-refractivity contribution in [3.8, 4) is 17.2 Å². The van der Waals surface area contributed by atoms with E-state index < -0.39 is 6.10 Å². The third kappa shape index (κ3) is 4.51. The van der Waals surface area contributed by atoms with Crippen LogP contribution < -0.4 is 14.2 Å². The van der Waals surface area contributed by atoms with Crippen LogP contribution in [0.5, 0.6) is 17.2 Å². The highest BCUT2D eigenvalue weighted by Crippen LogP contribution is 2.36. The molecule has 0 spiro atoms. The molecule has 118 valence electrons. The summed E-state index contributed by atoms with van der Waals surface area (Å²) in [6, 6.07) is 5.47. The molecule has 1 saturated heterocycles. The minimum atomic E-state index is -0.501. The molecule has 1 aromatic rings. The van der Waals surface area contributed by atoms with Gasteiger partial charge in [-0.3, -0.25) is 0 Å². The Morgan fingerprint density at radius 3 is 2.48 bits per heavy atom. The molecule has 1 aromatic carbocycles. The zero-order chi connectivity index (χ0) is 15.1. The van der Waals surface area contributed by atoms with Gasteiger partial charge in [0, 0.05) is 6.54 Å². The first kappa shape index (κ1) is 15.9. The van der Waals surface area contributed by atoms with Crippen molar-refractivity contribution in [1.82, 2.24) is 4.90 Å². The van der Waals surface area contributed by atoms with Crippen molar-refractivity contribution in [1.29, 1.82) is 0 Å². The fourth-order valence-corrected chi connectivity index (χ4v) is 2.65. The second-order valence-electron chi connectivity index (χ2n) is 5.32. The van der Waals surface area contributed by atoms with E-state index in [1.807, 2.05) is 18.2 Å². The fourth-order valence-electron chi connectivity index (χ4n) is 2.65. The number of methoxy groups -OCH3 is 2. The second-order valence-corrected chi connectivity index (χ2v) is 5.32. The molecular formula is C16H25NO4. The van der Waals surface area contributed by atoms with Crippen molar-refractivity contribution in [2.24, 2.45) is 0 Å². The first-order valence-corrected chi connectivity index (χ1v) is 7.48. The summed E-state index contributed by atoms with van der Waals surface area (Å²) in [7, 11) is 3.17. The fraction of sp³-hybridized carbons (Fsp3) is 0.625. The van der Waals surface area contributed by atoms with Gasteiger partial charge >= 0.3 is 0 Å². The first-order valence-electron chi connectivity index (χ1n) is 7.48. The normalized spacial score (nSPS) is 17.3. The number of para-hydroxylation sites is 1. The molecule has 0 radical (unpaired) electrons. The molecule has 2 rings (SSSR count). The van der Waals surface area contributed by atoms with Crippen LogP contribution in [0.4, 0.5) is 0 Å². The highest BCUT2D eigenvalue weighted by molar-refractivity contribution is 5.51. The second kappa shape index (κ2) is 8.10. The number of nitrogens with zero attached hydrogens (tertiary/aromatic N) is 1. The molecule has 21 heavy (non-hydrogen) atoms. The number of benzene rings is 1. The summed E-state index contributed by atoms with van der Waals surface area (Å²) in [4.78, 5) is 2.29. The molecule has 1 aliphatic heterocycles. The highest BCUT2D eigenvalue weighted by atomic mass is 16.5. The molecule has 0 saturated carbocycles. The maximum absolute atomic E-state index is 10.1.